The highest BCUT2D eigenvalue weighted by Crippen LogP contribution is 2.45. The number of allylic oxidation sites excluding steroid dienone is 2. The maximum Gasteiger partial charge on any atom is 0.157 e. The molecule has 2 aromatic carbocycles. The molecule has 3 nitrogen and oxygen atoms in total. The molecule has 0 bridgehead atoms. The Labute approximate surface area is 229 Å². The molecule has 6 rings (SSSR count). The molecule has 1 saturated carbocycles. The number of ether oxygens (including phenoxy) is 1. The van der Waals surface area contributed by atoms with Crippen LogP contribution in [0.5, 0.6) is 0 Å². The van der Waals surface area contributed by atoms with E-state index in [9.17, 15) is 0 Å². The number of nitrogens with zero attached hydrogens (tertiary/aromatic N) is 2. The van der Waals surface area contributed by atoms with Crippen molar-refractivity contribution >= 4 is 28.8 Å². The third-order valence-electron chi connectivity index (χ3n) is 8.89. The largest absolute Gasteiger partial charge is 0.458 e. The summed E-state index contributed by atoms with van der Waals surface area (Å²) in [5.74, 6) is 1.20. The molecule has 1 aliphatic carbocycles. The van der Waals surface area contributed by atoms with Crippen molar-refractivity contribution < 1.29 is 13.5 Å². The molecule has 3 heterocycles. The number of fused-ring (bicyclic) bond motifs is 1. The quantitative estimate of drug-likeness (QED) is 0.332. The van der Waals surface area contributed by atoms with Crippen molar-refractivity contribution in [3.63, 3.8) is 0 Å². The van der Waals surface area contributed by atoms with Gasteiger partial charge < -0.3 is 14.5 Å². The topological polar surface area (TPSA) is 15.7 Å². The predicted octanol–water partition coefficient (Wildman–Crippen LogP) is 8.23. The summed E-state index contributed by atoms with van der Waals surface area (Å²) < 4.78 is 38.4. The molecule has 0 amide bonds. The van der Waals surface area contributed by atoms with Gasteiger partial charge in [0.2, 0.25) is 0 Å². The van der Waals surface area contributed by atoms with Gasteiger partial charge in [0.1, 0.15) is 29.1 Å². The number of thioether (sulfide) groups is 1. The molecule has 2 fully saturated rings. The molecule has 0 spiro atoms. The summed E-state index contributed by atoms with van der Waals surface area (Å²) in [4.78, 5) is 5.35. The van der Waals surface area contributed by atoms with Crippen LogP contribution in [-0.4, -0.2) is 36.3 Å². The molecule has 4 aliphatic rings. The molecule has 2 aromatic rings. The number of benzene rings is 2. The SMILES string of the molecule is CC[C@@H]1CCC(CC2CCC2)N1c1c(F)ccc(C2=C3OC(c4ccc(SC)cc4)=CC3N(C)C=C2)c1F. The third-order valence-corrected chi connectivity index (χ3v) is 9.63. The van der Waals surface area contributed by atoms with Crippen LogP contribution in [-0.2, 0) is 4.74 Å². The minimum Gasteiger partial charge on any atom is -0.458 e. The maximum absolute atomic E-state index is 16.5. The molecule has 3 atom stereocenters. The van der Waals surface area contributed by atoms with Gasteiger partial charge in [0.05, 0.1) is 0 Å². The van der Waals surface area contributed by atoms with Gasteiger partial charge in [0.15, 0.2) is 5.82 Å². The lowest BCUT2D eigenvalue weighted by Gasteiger charge is -2.37. The van der Waals surface area contributed by atoms with Crippen LogP contribution in [0.1, 0.15) is 63.0 Å². The number of hydrogen-bond donors (Lipinski definition) is 0. The third kappa shape index (κ3) is 4.45. The highest BCUT2D eigenvalue weighted by molar-refractivity contribution is 7.98. The van der Waals surface area contributed by atoms with Gasteiger partial charge in [0.25, 0.3) is 0 Å². The van der Waals surface area contributed by atoms with Crippen molar-refractivity contribution in [1.82, 2.24) is 4.90 Å². The predicted molar refractivity (Wildman–Crippen MR) is 153 cm³/mol. The van der Waals surface area contributed by atoms with Crippen molar-refractivity contribution in [3.8, 4) is 0 Å². The van der Waals surface area contributed by atoms with E-state index >= 15 is 8.78 Å². The summed E-state index contributed by atoms with van der Waals surface area (Å²) in [7, 11) is 1.99. The van der Waals surface area contributed by atoms with Crippen molar-refractivity contribution in [2.75, 3.05) is 18.2 Å². The summed E-state index contributed by atoms with van der Waals surface area (Å²) in [6.45, 7) is 2.13. The molecule has 1 saturated heterocycles. The highest BCUT2D eigenvalue weighted by atomic mass is 32.2. The number of halogens is 2. The van der Waals surface area contributed by atoms with Crippen molar-refractivity contribution in [3.05, 3.63) is 83.3 Å². The van der Waals surface area contributed by atoms with E-state index in [1.807, 2.05) is 19.3 Å². The maximum atomic E-state index is 16.5. The molecular weight excluding hydrogens is 498 g/mol. The smallest absolute Gasteiger partial charge is 0.157 e. The number of anilines is 1. The van der Waals surface area contributed by atoms with Crippen LogP contribution in [0.15, 0.2) is 65.4 Å². The van der Waals surface area contributed by atoms with Crippen LogP contribution in [0.3, 0.4) is 0 Å². The molecular formula is C32H36F2N2OS. The van der Waals surface area contributed by atoms with Gasteiger partial charge >= 0.3 is 0 Å². The van der Waals surface area contributed by atoms with E-state index in [1.54, 1.807) is 17.8 Å². The first-order chi connectivity index (χ1) is 18.5. The summed E-state index contributed by atoms with van der Waals surface area (Å²) >= 11 is 1.70. The van der Waals surface area contributed by atoms with Crippen LogP contribution in [0.2, 0.25) is 0 Å². The molecule has 0 radical (unpaired) electrons. The molecule has 200 valence electrons. The van der Waals surface area contributed by atoms with Gasteiger partial charge in [-0.1, -0.05) is 38.3 Å². The van der Waals surface area contributed by atoms with Gasteiger partial charge in [-0.25, -0.2) is 8.78 Å². The zero-order valence-electron chi connectivity index (χ0n) is 22.4. The fraction of sp³-hybridized carbons (Fsp3) is 0.438. The number of rotatable bonds is 7. The second-order valence-electron chi connectivity index (χ2n) is 11.1. The monoisotopic (exact) mass is 534 g/mol. The van der Waals surface area contributed by atoms with Gasteiger partial charge in [-0.3, -0.25) is 0 Å². The molecule has 2 unspecified atom stereocenters. The lowest BCUT2D eigenvalue weighted by atomic mass is 9.80. The van der Waals surface area contributed by atoms with E-state index < -0.39 is 11.6 Å². The molecule has 38 heavy (non-hydrogen) atoms. The zero-order valence-corrected chi connectivity index (χ0v) is 23.2. The van der Waals surface area contributed by atoms with E-state index in [2.05, 4.69) is 53.3 Å². The molecule has 3 aliphatic heterocycles. The Morgan fingerprint density at radius 1 is 1.00 bits per heavy atom. The van der Waals surface area contributed by atoms with E-state index in [1.165, 1.54) is 30.2 Å². The Morgan fingerprint density at radius 2 is 1.76 bits per heavy atom. The van der Waals surface area contributed by atoms with Gasteiger partial charge in [-0.2, -0.15) is 0 Å². The number of hydrogen-bond acceptors (Lipinski definition) is 4. The summed E-state index contributed by atoms with van der Waals surface area (Å²) in [5.41, 5.74) is 2.22. The number of likely N-dealkylation sites (N-methyl/N-ethyl adjacent to an activating group) is 1. The van der Waals surface area contributed by atoms with Crippen LogP contribution in [0.4, 0.5) is 14.5 Å². The van der Waals surface area contributed by atoms with Crippen LogP contribution < -0.4 is 4.90 Å². The normalized spacial score (nSPS) is 25.0. The van der Waals surface area contributed by atoms with E-state index in [-0.39, 0.29) is 23.8 Å². The highest BCUT2D eigenvalue weighted by Gasteiger charge is 2.39. The molecule has 6 heteroatoms. The zero-order chi connectivity index (χ0) is 26.4. The molecule has 0 aromatic heterocycles. The molecule has 0 N–H and O–H groups in total. The average Bonchev–Trinajstić information content (AvgIpc) is 3.53. The lowest BCUT2D eigenvalue weighted by Crippen LogP contribution is -2.39. The Balaban J connectivity index is 1.37. The minimum atomic E-state index is -0.471. The van der Waals surface area contributed by atoms with Crippen molar-refractivity contribution in [1.29, 1.82) is 0 Å². The van der Waals surface area contributed by atoms with E-state index in [0.717, 1.165) is 37.0 Å². The minimum absolute atomic E-state index is 0.139. The first-order valence-corrected chi connectivity index (χ1v) is 15.2. The summed E-state index contributed by atoms with van der Waals surface area (Å²) in [6.07, 6.45) is 15.7. The van der Waals surface area contributed by atoms with Gasteiger partial charge in [0, 0.05) is 46.9 Å². The first kappa shape index (κ1) is 25.5. The van der Waals surface area contributed by atoms with Gasteiger partial charge in [-0.05, 0) is 74.3 Å². The van der Waals surface area contributed by atoms with Crippen LogP contribution in [0, 0.1) is 17.6 Å². The Bertz CT molecular complexity index is 1300. The first-order valence-electron chi connectivity index (χ1n) is 13.9. The van der Waals surface area contributed by atoms with Crippen LogP contribution in [0.25, 0.3) is 11.3 Å². The average molecular weight is 535 g/mol. The fourth-order valence-electron chi connectivity index (χ4n) is 6.51. The Hall–Kier alpha value is -2.73. The lowest BCUT2D eigenvalue weighted by molar-refractivity contribution is 0.274. The van der Waals surface area contributed by atoms with Crippen molar-refractivity contribution in [2.45, 2.75) is 74.9 Å². The second kappa shape index (κ2) is 10.4. The van der Waals surface area contributed by atoms with E-state index in [0.29, 0.717) is 22.8 Å². The second-order valence-corrected chi connectivity index (χ2v) is 11.9. The Kier molecular flexibility index (Phi) is 7.02. The van der Waals surface area contributed by atoms with E-state index in [4.69, 9.17) is 4.74 Å². The fourth-order valence-corrected chi connectivity index (χ4v) is 6.91. The summed E-state index contributed by atoms with van der Waals surface area (Å²) in [5, 5.41) is 0. The van der Waals surface area contributed by atoms with Crippen molar-refractivity contribution in [2.24, 2.45) is 5.92 Å². The summed E-state index contributed by atoms with van der Waals surface area (Å²) in [6, 6.07) is 11.5. The Morgan fingerprint density at radius 3 is 2.45 bits per heavy atom. The standard InChI is InChI=1S/C32H36F2N2OS/c1-4-22-10-11-23(18-20-6-5-7-20)36(22)31-27(33)15-14-25(30(31)34)26-16-17-35(2)28-19-29(37-32(26)28)21-8-12-24(38-3)13-9-21/h8-9,12-17,19-20,22-23,28H,4-7,10-11,18H2,1-3H3/t22-,23?,28?/m1/s1. The van der Waals surface area contributed by atoms with Crippen LogP contribution >= 0.6 is 11.8 Å². The van der Waals surface area contributed by atoms with Gasteiger partial charge in [-0.15, -0.1) is 11.8 Å².